The summed E-state index contributed by atoms with van der Waals surface area (Å²) in [7, 11) is 0. The van der Waals surface area contributed by atoms with Gasteiger partial charge in [0.15, 0.2) is 0 Å². The Morgan fingerprint density at radius 2 is 2.19 bits per heavy atom. The Morgan fingerprint density at radius 1 is 1.43 bits per heavy atom. The predicted octanol–water partition coefficient (Wildman–Crippen LogP) is 3.37. The second kappa shape index (κ2) is 8.62. The molecule has 5 heteroatoms. The molecule has 1 saturated heterocycles. The van der Waals surface area contributed by atoms with Crippen LogP contribution in [0.3, 0.4) is 0 Å². The van der Waals surface area contributed by atoms with Crippen LogP contribution in [-0.4, -0.2) is 25.0 Å². The first kappa shape index (κ1) is 18.3. The Balaban J connectivity index is 0.00000220. The molecule has 1 aliphatic rings. The van der Waals surface area contributed by atoms with Crippen molar-refractivity contribution >= 4 is 29.9 Å². The molecule has 2 unspecified atom stereocenters. The fourth-order valence-corrected chi connectivity index (χ4v) is 3.00. The minimum Gasteiger partial charge on any atom is -0.352 e. The van der Waals surface area contributed by atoms with Gasteiger partial charge in [0, 0.05) is 17.6 Å². The minimum atomic E-state index is -0.143. The van der Waals surface area contributed by atoms with E-state index in [0.717, 1.165) is 31.5 Å². The van der Waals surface area contributed by atoms with Crippen molar-refractivity contribution in [1.82, 2.24) is 10.6 Å². The van der Waals surface area contributed by atoms with Gasteiger partial charge in [-0.15, -0.1) is 12.4 Å². The average Bonchev–Trinajstić information content (AvgIpc) is 2.39. The van der Waals surface area contributed by atoms with Crippen molar-refractivity contribution in [3.63, 3.8) is 0 Å². The van der Waals surface area contributed by atoms with Crippen LogP contribution >= 0.6 is 24.0 Å². The van der Waals surface area contributed by atoms with E-state index in [4.69, 9.17) is 11.6 Å². The van der Waals surface area contributed by atoms with Crippen LogP contribution < -0.4 is 10.6 Å². The Hall–Kier alpha value is -0.770. The van der Waals surface area contributed by atoms with Gasteiger partial charge in [-0.3, -0.25) is 4.79 Å². The number of hydrogen-bond acceptors (Lipinski definition) is 2. The van der Waals surface area contributed by atoms with Crippen molar-refractivity contribution in [1.29, 1.82) is 0 Å². The van der Waals surface area contributed by atoms with Gasteiger partial charge in [0.05, 0.1) is 5.92 Å². The molecule has 0 spiro atoms. The summed E-state index contributed by atoms with van der Waals surface area (Å²) in [5.74, 6) is 0.205. The normalized spacial score (nSPS) is 19.7. The summed E-state index contributed by atoms with van der Waals surface area (Å²) in [6, 6.07) is 7.87. The molecule has 3 nitrogen and oxygen atoms in total. The molecule has 0 aliphatic carbocycles. The molecule has 1 amide bonds. The smallest absolute Gasteiger partial charge is 0.228 e. The highest BCUT2D eigenvalue weighted by Crippen LogP contribution is 2.27. The van der Waals surface area contributed by atoms with Crippen molar-refractivity contribution in [2.24, 2.45) is 5.92 Å². The number of hydrogen-bond donors (Lipinski definition) is 2. The standard InChI is InChI=1S/C16H23ClN2O.ClH/c1-11(2)15(12-5-3-6-13(17)9-12)16(20)19-14-7-4-8-18-10-14;/h3,5-6,9,11,14-15,18H,4,7-8,10H2,1-2H3,(H,19,20);1H. The highest BCUT2D eigenvalue weighted by Gasteiger charge is 2.26. The fraction of sp³-hybridized carbons (Fsp3) is 0.562. The lowest BCUT2D eigenvalue weighted by Crippen LogP contribution is -2.47. The number of carbonyl (C=O) groups is 1. The summed E-state index contributed by atoms with van der Waals surface area (Å²) in [6.45, 7) is 6.06. The summed E-state index contributed by atoms with van der Waals surface area (Å²) in [5, 5.41) is 7.18. The van der Waals surface area contributed by atoms with Gasteiger partial charge in [-0.25, -0.2) is 0 Å². The molecule has 21 heavy (non-hydrogen) atoms. The molecule has 1 aromatic rings. The molecule has 2 atom stereocenters. The largest absolute Gasteiger partial charge is 0.352 e. The van der Waals surface area contributed by atoms with Crippen molar-refractivity contribution < 1.29 is 4.79 Å². The first-order valence-corrected chi connectivity index (χ1v) is 7.72. The van der Waals surface area contributed by atoms with Gasteiger partial charge in [0.2, 0.25) is 5.91 Å². The van der Waals surface area contributed by atoms with E-state index in [1.807, 2.05) is 24.3 Å². The lowest BCUT2D eigenvalue weighted by Gasteiger charge is -2.28. The van der Waals surface area contributed by atoms with E-state index < -0.39 is 0 Å². The Morgan fingerprint density at radius 3 is 2.76 bits per heavy atom. The van der Waals surface area contributed by atoms with E-state index in [1.165, 1.54) is 0 Å². The zero-order valence-electron chi connectivity index (χ0n) is 12.6. The average molecular weight is 331 g/mol. The number of carbonyl (C=O) groups excluding carboxylic acids is 1. The van der Waals surface area contributed by atoms with Crippen molar-refractivity contribution in [3.8, 4) is 0 Å². The molecule has 2 rings (SSSR count). The van der Waals surface area contributed by atoms with Crippen LogP contribution in [0.4, 0.5) is 0 Å². The highest BCUT2D eigenvalue weighted by molar-refractivity contribution is 6.30. The van der Waals surface area contributed by atoms with E-state index in [0.29, 0.717) is 5.02 Å². The second-order valence-corrected chi connectivity index (χ2v) is 6.26. The van der Waals surface area contributed by atoms with Crippen LogP contribution in [-0.2, 0) is 4.79 Å². The quantitative estimate of drug-likeness (QED) is 0.888. The number of piperidine rings is 1. The molecular weight excluding hydrogens is 307 g/mol. The zero-order valence-corrected chi connectivity index (χ0v) is 14.1. The van der Waals surface area contributed by atoms with Crippen LogP contribution in [0.15, 0.2) is 24.3 Å². The van der Waals surface area contributed by atoms with Crippen LogP contribution in [0.5, 0.6) is 0 Å². The van der Waals surface area contributed by atoms with Gasteiger partial charge < -0.3 is 10.6 Å². The van der Waals surface area contributed by atoms with Gasteiger partial charge >= 0.3 is 0 Å². The molecule has 1 aromatic carbocycles. The topological polar surface area (TPSA) is 41.1 Å². The molecule has 0 radical (unpaired) electrons. The Labute approximate surface area is 138 Å². The lowest BCUT2D eigenvalue weighted by molar-refractivity contribution is -0.124. The summed E-state index contributed by atoms with van der Waals surface area (Å²) < 4.78 is 0. The van der Waals surface area contributed by atoms with E-state index >= 15 is 0 Å². The van der Waals surface area contributed by atoms with Crippen LogP contribution in [0, 0.1) is 5.92 Å². The molecule has 2 N–H and O–H groups in total. The molecule has 0 saturated carbocycles. The Kier molecular flexibility index (Phi) is 7.50. The van der Waals surface area contributed by atoms with E-state index in [-0.39, 0.29) is 36.2 Å². The molecule has 1 heterocycles. The summed E-state index contributed by atoms with van der Waals surface area (Å²) in [4.78, 5) is 12.6. The summed E-state index contributed by atoms with van der Waals surface area (Å²) in [6.07, 6.45) is 2.17. The first-order valence-electron chi connectivity index (χ1n) is 7.34. The maximum absolute atomic E-state index is 12.6. The first-order chi connectivity index (χ1) is 9.58. The van der Waals surface area contributed by atoms with Gasteiger partial charge in [0.25, 0.3) is 0 Å². The fourth-order valence-electron chi connectivity index (χ4n) is 2.81. The number of amides is 1. The molecule has 1 aliphatic heterocycles. The molecule has 0 bridgehead atoms. The molecule has 1 fully saturated rings. The number of halogens is 2. The van der Waals surface area contributed by atoms with Gasteiger partial charge in [-0.2, -0.15) is 0 Å². The Bertz CT molecular complexity index is 459. The van der Waals surface area contributed by atoms with Crippen LogP contribution in [0.25, 0.3) is 0 Å². The van der Waals surface area contributed by atoms with E-state index in [1.54, 1.807) is 0 Å². The van der Waals surface area contributed by atoms with E-state index in [9.17, 15) is 4.79 Å². The number of rotatable bonds is 4. The second-order valence-electron chi connectivity index (χ2n) is 5.83. The SMILES string of the molecule is CC(C)C(C(=O)NC1CCCNC1)c1cccc(Cl)c1.Cl. The monoisotopic (exact) mass is 330 g/mol. The number of benzene rings is 1. The maximum atomic E-state index is 12.6. The minimum absolute atomic E-state index is 0. The highest BCUT2D eigenvalue weighted by atomic mass is 35.5. The number of nitrogens with one attached hydrogen (secondary N) is 2. The maximum Gasteiger partial charge on any atom is 0.228 e. The molecule has 0 aromatic heterocycles. The van der Waals surface area contributed by atoms with Gasteiger partial charge in [-0.05, 0) is 43.0 Å². The molecular formula is C16H24Cl2N2O. The third-order valence-corrected chi connectivity index (χ3v) is 4.04. The van der Waals surface area contributed by atoms with Crippen LogP contribution in [0.1, 0.15) is 38.2 Å². The summed E-state index contributed by atoms with van der Waals surface area (Å²) in [5.41, 5.74) is 0.994. The van der Waals surface area contributed by atoms with Crippen molar-refractivity contribution in [3.05, 3.63) is 34.9 Å². The van der Waals surface area contributed by atoms with E-state index in [2.05, 4.69) is 24.5 Å². The van der Waals surface area contributed by atoms with Crippen LogP contribution in [0.2, 0.25) is 5.02 Å². The predicted molar refractivity (Wildman–Crippen MR) is 90.3 cm³/mol. The van der Waals surface area contributed by atoms with Crippen molar-refractivity contribution in [2.45, 2.75) is 38.6 Å². The third-order valence-electron chi connectivity index (χ3n) is 3.80. The third kappa shape index (κ3) is 5.17. The summed E-state index contributed by atoms with van der Waals surface area (Å²) >= 11 is 6.05. The molecule has 118 valence electrons. The zero-order chi connectivity index (χ0) is 14.5. The van der Waals surface area contributed by atoms with Gasteiger partial charge in [-0.1, -0.05) is 37.6 Å². The lowest BCUT2D eigenvalue weighted by atomic mass is 9.87. The van der Waals surface area contributed by atoms with Gasteiger partial charge in [0.1, 0.15) is 0 Å². The van der Waals surface area contributed by atoms with Crippen molar-refractivity contribution in [2.75, 3.05) is 13.1 Å².